The van der Waals surface area contributed by atoms with Crippen molar-refractivity contribution in [3.63, 3.8) is 0 Å². The molecule has 0 spiro atoms. The van der Waals surface area contributed by atoms with Gasteiger partial charge in [-0.15, -0.1) is 0 Å². The van der Waals surface area contributed by atoms with Gasteiger partial charge in [-0.25, -0.2) is 4.79 Å². The highest BCUT2D eigenvalue weighted by molar-refractivity contribution is 5.69. The molecule has 1 rings (SSSR count). The summed E-state index contributed by atoms with van der Waals surface area (Å²) in [6.07, 6.45) is 0.982. The first kappa shape index (κ1) is 13.0. The molecule has 92 valence electrons. The van der Waals surface area contributed by atoms with E-state index in [0.29, 0.717) is 19.6 Å². The number of carbonyl (C=O) groups is 2. The Morgan fingerprint density at radius 3 is 2.75 bits per heavy atom. The zero-order valence-electron chi connectivity index (χ0n) is 9.99. The number of hydrogen-bond donors (Lipinski definition) is 1. The van der Waals surface area contributed by atoms with Crippen molar-refractivity contribution in [2.24, 2.45) is 5.92 Å². The number of alkyl carbamates (subject to hydrolysis) is 1. The van der Waals surface area contributed by atoms with Crippen LogP contribution >= 0.6 is 0 Å². The van der Waals surface area contributed by atoms with E-state index in [4.69, 9.17) is 9.47 Å². The lowest BCUT2D eigenvalue weighted by molar-refractivity contribution is -0.115. The summed E-state index contributed by atoms with van der Waals surface area (Å²) in [6, 6.07) is -0.180. The summed E-state index contributed by atoms with van der Waals surface area (Å²) >= 11 is 0. The van der Waals surface area contributed by atoms with E-state index in [-0.39, 0.29) is 12.0 Å². The fourth-order valence-electron chi connectivity index (χ4n) is 1.53. The van der Waals surface area contributed by atoms with E-state index >= 15 is 0 Å². The smallest absolute Gasteiger partial charge is 0.407 e. The standard InChI is InChI=1S/C11H19NO4/c1-11(2,3)16-10(14)12-9-4-5-15-7-8(9)6-13/h6,8-9H,4-5,7H2,1-3H3,(H,12,14). The third-order valence-electron chi connectivity index (χ3n) is 2.28. The molecule has 1 aliphatic heterocycles. The first-order valence-electron chi connectivity index (χ1n) is 5.45. The van der Waals surface area contributed by atoms with Crippen molar-refractivity contribution < 1.29 is 19.1 Å². The minimum Gasteiger partial charge on any atom is -0.444 e. The van der Waals surface area contributed by atoms with Gasteiger partial charge in [0.25, 0.3) is 0 Å². The van der Waals surface area contributed by atoms with Gasteiger partial charge in [0.1, 0.15) is 11.9 Å². The quantitative estimate of drug-likeness (QED) is 0.720. The molecule has 0 aromatic heterocycles. The number of rotatable bonds is 2. The molecule has 5 heteroatoms. The van der Waals surface area contributed by atoms with Crippen molar-refractivity contribution in [3.05, 3.63) is 0 Å². The van der Waals surface area contributed by atoms with Gasteiger partial charge in [0, 0.05) is 12.6 Å². The summed E-state index contributed by atoms with van der Waals surface area (Å²) in [5, 5.41) is 2.70. The van der Waals surface area contributed by atoms with Gasteiger partial charge in [0.05, 0.1) is 12.5 Å². The highest BCUT2D eigenvalue weighted by atomic mass is 16.6. The molecule has 1 fully saturated rings. The Hall–Kier alpha value is -1.10. The summed E-state index contributed by atoms with van der Waals surface area (Å²) < 4.78 is 10.3. The lowest BCUT2D eigenvalue weighted by Crippen LogP contribution is -2.47. The normalized spacial score (nSPS) is 25.9. The maximum atomic E-state index is 11.5. The average molecular weight is 229 g/mol. The molecule has 1 heterocycles. The number of carbonyl (C=O) groups excluding carboxylic acids is 2. The number of nitrogens with one attached hydrogen (secondary N) is 1. The third-order valence-corrected chi connectivity index (χ3v) is 2.28. The molecule has 2 atom stereocenters. The third kappa shape index (κ3) is 4.18. The van der Waals surface area contributed by atoms with E-state index in [1.807, 2.05) is 0 Å². The molecule has 1 amide bonds. The maximum Gasteiger partial charge on any atom is 0.407 e. The summed E-state index contributed by atoms with van der Waals surface area (Å²) in [5.74, 6) is -0.277. The number of hydrogen-bond acceptors (Lipinski definition) is 4. The van der Waals surface area contributed by atoms with Crippen LogP contribution in [0, 0.1) is 5.92 Å². The second-order valence-corrected chi connectivity index (χ2v) is 4.92. The fourth-order valence-corrected chi connectivity index (χ4v) is 1.53. The van der Waals surface area contributed by atoms with Crippen molar-refractivity contribution in [2.75, 3.05) is 13.2 Å². The van der Waals surface area contributed by atoms with E-state index in [1.54, 1.807) is 20.8 Å². The Labute approximate surface area is 95.5 Å². The van der Waals surface area contributed by atoms with Crippen molar-refractivity contribution in [2.45, 2.75) is 38.8 Å². The maximum absolute atomic E-state index is 11.5. The fraction of sp³-hybridized carbons (Fsp3) is 0.818. The van der Waals surface area contributed by atoms with Crippen LogP contribution in [0.4, 0.5) is 4.79 Å². The van der Waals surface area contributed by atoms with Gasteiger partial charge in [0.2, 0.25) is 0 Å². The Bertz CT molecular complexity index is 259. The molecule has 16 heavy (non-hydrogen) atoms. The highest BCUT2D eigenvalue weighted by Crippen LogP contribution is 2.14. The molecule has 0 bridgehead atoms. The van der Waals surface area contributed by atoms with Crippen LogP contribution in [0.1, 0.15) is 27.2 Å². The zero-order chi connectivity index (χ0) is 12.2. The lowest BCUT2D eigenvalue weighted by Gasteiger charge is -2.29. The van der Waals surface area contributed by atoms with Crippen molar-refractivity contribution in [1.82, 2.24) is 5.32 Å². The predicted octanol–water partition coefficient (Wildman–Crippen LogP) is 1.12. The van der Waals surface area contributed by atoms with Crippen molar-refractivity contribution in [3.8, 4) is 0 Å². The molecular weight excluding hydrogens is 210 g/mol. The average Bonchev–Trinajstić information content (AvgIpc) is 2.15. The molecule has 2 unspecified atom stereocenters. The van der Waals surface area contributed by atoms with E-state index < -0.39 is 11.7 Å². The number of amides is 1. The molecule has 0 saturated carbocycles. The SMILES string of the molecule is CC(C)(C)OC(=O)NC1CCOCC1C=O. The highest BCUT2D eigenvalue weighted by Gasteiger charge is 2.28. The number of ether oxygens (including phenoxy) is 2. The molecule has 1 N–H and O–H groups in total. The largest absolute Gasteiger partial charge is 0.444 e. The van der Waals surface area contributed by atoms with Crippen LogP contribution in [0.5, 0.6) is 0 Å². The van der Waals surface area contributed by atoms with E-state index in [0.717, 1.165) is 6.29 Å². The van der Waals surface area contributed by atoms with Gasteiger partial charge in [-0.2, -0.15) is 0 Å². The van der Waals surface area contributed by atoms with Crippen LogP contribution in [0.2, 0.25) is 0 Å². The summed E-state index contributed by atoms with van der Waals surface area (Å²) in [6.45, 7) is 6.32. The lowest BCUT2D eigenvalue weighted by atomic mass is 9.97. The molecule has 0 aliphatic carbocycles. The first-order valence-corrected chi connectivity index (χ1v) is 5.45. The Morgan fingerprint density at radius 2 is 2.19 bits per heavy atom. The van der Waals surface area contributed by atoms with Gasteiger partial charge in [-0.05, 0) is 27.2 Å². The molecule has 1 aliphatic rings. The van der Waals surface area contributed by atoms with E-state index in [2.05, 4.69) is 5.32 Å². The molecular formula is C11H19NO4. The van der Waals surface area contributed by atoms with Crippen LogP contribution in [0.3, 0.4) is 0 Å². The van der Waals surface area contributed by atoms with Crippen LogP contribution in [-0.4, -0.2) is 37.2 Å². The van der Waals surface area contributed by atoms with Gasteiger partial charge >= 0.3 is 6.09 Å². The zero-order valence-corrected chi connectivity index (χ0v) is 9.99. The molecule has 0 aromatic rings. The molecule has 0 radical (unpaired) electrons. The van der Waals surface area contributed by atoms with Gasteiger partial charge in [-0.3, -0.25) is 0 Å². The Morgan fingerprint density at radius 1 is 1.50 bits per heavy atom. The second kappa shape index (κ2) is 5.30. The number of aldehydes is 1. The van der Waals surface area contributed by atoms with Crippen LogP contribution < -0.4 is 5.32 Å². The molecule has 1 saturated heterocycles. The monoisotopic (exact) mass is 229 g/mol. The van der Waals surface area contributed by atoms with E-state index in [9.17, 15) is 9.59 Å². The van der Waals surface area contributed by atoms with Crippen molar-refractivity contribution in [1.29, 1.82) is 0 Å². The summed E-state index contributed by atoms with van der Waals surface area (Å²) in [7, 11) is 0. The van der Waals surface area contributed by atoms with Crippen molar-refractivity contribution >= 4 is 12.4 Å². The summed E-state index contributed by atoms with van der Waals surface area (Å²) in [5.41, 5.74) is -0.522. The minimum atomic E-state index is -0.522. The van der Waals surface area contributed by atoms with Gasteiger partial charge in [0.15, 0.2) is 0 Å². The minimum absolute atomic E-state index is 0.180. The van der Waals surface area contributed by atoms with Gasteiger partial charge in [-0.1, -0.05) is 0 Å². The van der Waals surface area contributed by atoms with Crippen LogP contribution in [0.25, 0.3) is 0 Å². The molecule has 5 nitrogen and oxygen atoms in total. The van der Waals surface area contributed by atoms with E-state index in [1.165, 1.54) is 0 Å². The topological polar surface area (TPSA) is 64.6 Å². The first-order chi connectivity index (χ1) is 7.42. The second-order valence-electron chi connectivity index (χ2n) is 4.92. The summed E-state index contributed by atoms with van der Waals surface area (Å²) in [4.78, 5) is 22.3. The molecule has 0 aromatic carbocycles. The van der Waals surface area contributed by atoms with Crippen LogP contribution in [0.15, 0.2) is 0 Å². The predicted molar refractivity (Wildman–Crippen MR) is 58.1 cm³/mol. The Balaban J connectivity index is 2.45. The Kier molecular flexibility index (Phi) is 4.29. The van der Waals surface area contributed by atoms with Gasteiger partial charge < -0.3 is 19.6 Å². The van der Waals surface area contributed by atoms with Crippen LogP contribution in [-0.2, 0) is 14.3 Å².